The Labute approximate surface area is 200 Å². The van der Waals surface area contributed by atoms with Gasteiger partial charge in [0, 0.05) is 0 Å². The summed E-state index contributed by atoms with van der Waals surface area (Å²) in [6.07, 6.45) is 4.07. The zero-order valence-corrected chi connectivity index (χ0v) is 20.6. The molecule has 1 aliphatic heterocycles. The van der Waals surface area contributed by atoms with Crippen molar-refractivity contribution in [3.63, 3.8) is 0 Å². The molecule has 1 aromatic heterocycles. The first-order valence-corrected chi connectivity index (χ1v) is 12.5. The Bertz CT molecular complexity index is 1080. The van der Waals surface area contributed by atoms with E-state index in [1.807, 2.05) is 31.2 Å². The van der Waals surface area contributed by atoms with Crippen molar-refractivity contribution in [2.24, 2.45) is 0 Å². The van der Waals surface area contributed by atoms with Crippen molar-refractivity contribution in [2.75, 3.05) is 18.5 Å². The van der Waals surface area contributed by atoms with Crippen LogP contribution in [0.3, 0.4) is 0 Å². The van der Waals surface area contributed by atoms with Gasteiger partial charge in [0.15, 0.2) is 0 Å². The summed E-state index contributed by atoms with van der Waals surface area (Å²) in [4.78, 5) is 17.8. The van der Waals surface area contributed by atoms with Gasteiger partial charge in [0.25, 0.3) is 0 Å². The minimum atomic E-state index is -0.352. The molecule has 0 bridgehead atoms. The molecule has 2 heterocycles. The molecule has 5 nitrogen and oxygen atoms in total. The van der Waals surface area contributed by atoms with Crippen LogP contribution in [-0.2, 0) is 6.42 Å². The number of thiazole rings is 1. The monoisotopic (exact) mass is 513 g/mol. The molecule has 0 aliphatic carbocycles. The first-order valence-electron chi connectivity index (χ1n) is 10.8. The summed E-state index contributed by atoms with van der Waals surface area (Å²) < 4.78 is 20.5. The molecule has 8 heteroatoms. The van der Waals surface area contributed by atoms with Crippen LogP contribution in [0.4, 0.5) is 15.2 Å². The molecule has 2 radical (unpaired) electrons. The van der Waals surface area contributed by atoms with E-state index in [0.29, 0.717) is 44.7 Å². The van der Waals surface area contributed by atoms with Gasteiger partial charge in [0.05, 0.1) is 0 Å². The van der Waals surface area contributed by atoms with Gasteiger partial charge >= 0.3 is 176 Å². The predicted molar refractivity (Wildman–Crippen MR) is 128 cm³/mol. The van der Waals surface area contributed by atoms with Gasteiger partial charge in [-0.15, -0.1) is 0 Å². The first-order chi connectivity index (χ1) is 15.5. The van der Waals surface area contributed by atoms with Gasteiger partial charge in [-0.1, -0.05) is 0 Å². The number of aromatic nitrogens is 1. The number of carbonyl (C=O) groups excluding carboxylic acids is 1. The SMILES string of the molecule is CCc1ccc(C(=O)c2sc(Nc3ccc(OCCC4CCCN4)cc3)nc2[As])cc1F. The Kier molecular flexibility index (Phi) is 7.61. The number of hydrogen-bond acceptors (Lipinski definition) is 6. The number of benzene rings is 2. The van der Waals surface area contributed by atoms with Crippen LogP contribution in [0.5, 0.6) is 5.75 Å². The summed E-state index contributed by atoms with van der Waals surface area (Å²) >= 11 is 3.57. The van der Waals surface area contributed by atoms with Gasteiger partial charge in [-0.3, -0.25) is 0 Å². The number of aryl methyl sites for hydroxylation is 1. The number of hydrogen-bond donors (Lipinski definition) is 2. The van der Waals surface area contributed by atoms with Crippen molar-refractivity contribution in [3.8, 4) is 5.75 Å². The van der Waals surface area contributed by atoms with E-state index in [0.717, 1.165) is 24.4 Å². The Morgan fingerprint density at radius 3 is 2.81 bits per heavy atom. The van der Waals surface area contributed by atoms with E-state index < -0.39 is 0 Å². The molecule has 0 saturated carbocycles. The van der Waals surface area contributed by atoms with E-state index in [2.05, 4.69) is 32.5 Å². The molecule has 0 spiro atoms. The Balaban J connectivity index is 1.37. The quantitative estimate of drug-likeness (QED) is 0.333. The van der Waals surface area contributed by atoms with Crippen molar-refractivity contribution >= 4 is 49.3 Å². The average molecular weight is 513 g/mol. The molecule has 2 aromatic carbocycles. The van der Waals surface area contributed by atoms with Gasteiger partial charge in [0.1, 0.15) is 0 Å². The van der Waals surface area contributed by atoms with Crippen molar-refractivity contribution in [2.45, 2.75) is 38.6 Å². The summed E-state index contributed by atoms with van der Waals surface area (Å²) in [7, 11) is 0. The van der Waals surface area contributed by atoms with E-state index in [4.69, 9.17) is 4.74 Å². The van der Waals surface area contributed by atoms with E-state index in [1.54, 1.807) is 12.1 Å². The molecule has 32 heavy (non-hydrogen) atoms. The maximum atomic E-state index is 14.1. The second kappa shape index (κ2) is 10.6. The van der Waals surface area contributed by atoms with Crippen LogP contribution in [0.2, 0.25) is 0 Å². The van der Waals surface area contributed by atoms with E-state index in [1.165, 1.54) is 30.2 Å². The third-order valence-corrected chi connectivity index (χ3v) is 7.49. The predicted octanol–water partition coefficient (Wildman–Crippen LogP) is 4.13. The van der Waals surface area contributed by atoms with E-state index in [9.17, 15) is 9.18 Å². The topological polar surface area (TPSA) is 63.2 Å². The molecule has 0 amide bonds. The van der Waals surface area contributed by atoms with Gasteiger partial charge in [-0.2, -0.15) is 0 Å². The molecule has 1 unspecified atom stereocenters. The molecular weight excluding hydrogens is 488 g/mol. The number of ketones is 1. The van der Waals surface area contributed by atoms with Crippen LogP contribution in [0, 0.1) is 5.82 Å². The van der Waals surface area contributed by atoms with Crippen molar-refractivity contribution in [1.29, 1.82) is 0 Å². The van der Waals surface area contributed by atoms with Crippen LogP contribution < -0.4 is 19.9 Å². The molecule has 1 aliphatic rings. The molecule has 4 rings (SSSR count). The maximum absolute atomic E-state index is 14.1. The third kappa shape index (κ3) is 5.58. The van der Waals surface area contributed by atoms with Crippen LogP contribution in [0.15, 0.2) is 42.5 Å². The van der Waals surface area contributed by atoms with Gasteiger partial charge in [-0.05, 0) is 19.4 Å². The number of carbonyl (C=O) groups is 1. The van der Waals surface area contributed by atoms with Crippen LogP contribution in [0.1, 0.15) is 47.0 Å². The first kappa shape index (κ1) is 23.0. The number of halogens is 1. The van der Waals surface area contributed by atoms with Crippen LogP contribution in [0.25, 0.3) is 0 Å². The third-order valence-electron chi connectivity index (χ3n) is 5.51. The van der Waals surface area contributed by atoms with E-state index in [-0.39, 0.29) is 11.6 Å². The fraction of sp³-hybridized carbons (Fsp3) is 0.333. The molecular formula is C24H25AsFN3O2S. The van der Waals surface area contributed by atoms with Crippen molar-refractivity contribution in [1.82, 2.24) is 10.3 Å². The zero-order chi connectivity index (χ0) is 22.5. The number of anilines is 2. The average Bonchev–Trinajstić information content (AvgIpc) is 3.44. The van der Waals surface area contributed by atoms with Gasteiger partial charge < -0.3 is 5.32 Å². The number of rotatable bonds is 9. The Morgan fingerprint density at radius 1 is 1.31 bits per heavy atom. The normalized spacial score (nSPS) is 15.7. The fourth-order valence-corrected chi connectivity index (χ4v) is 5.40. The summed E-state index contributed by atoms with van der Waals surface area (Å²) in [5.74, 6) is 0.248. The second-order valence-corrected chi connectivity index (χ2v) is 9.63. The number of nitrogens with one attached hydrogen (secondary N) is 2. The second-order valence-electron chi connectivity index (χ2n) is 7.74. The standard InChI is InChI=1S/C24H25AsFN3O2S/c1-2-15-5-6-16(14-20(15)26)21(30)22-23(25)29-24(32-22)28-18-7-9-19(10-8-18)31-13-11-17-4-3-12-27-17/h5-10,14,17,27H,2-4,11-13H2,1H3,(H,28,29). The summed E-state index contributed by atoms with van der Waals surface area (Å²) in [6.45, 7) is 3.68. The molecule has 2 N–H and O–H groups in total. The molecule has 1 fully saturated rings. The van der Waals surface area contributed by atoms with E-state index >= 15 is 0 Å². The molecule has 1 saturated heterocycles. The molecule has 3 aromatic rings. The van der Waals surface area contributed by atoms with Gasteiger partial charge in [0.2, 0.25) is 0 Å². The van der Waals surface area contributed by atoms with Crippen LogP contribution in [-0.4, -0.2) is 46.8 Å². The van der Waals surface area contributed by atoms with Gasteiger partial charge in [-0.25, -0.2) is 0 Å². The summed E-state index contributed by atoms with van der Waals surface area (Å²) in [5, 5.41) is 7.31. The zero-order valence-electron chi connectivity index (χ0n) is 17.9. The Hall–Kier alpha value is -2.21. The van der Waals surface area contributed by atoms with Crippen molar-refractivity contribution < 1.29 is 13.9 Å². The Morgan fingerprint density at radius 2 is 2.12 bits per heavy atom. The molecule has 166 valence electrons. The minimum absolute atomic E-state index is 0.228. The summed E-state index contributed by atoms with van der Waals surface area (Å²) in [5.41, 5.74) is 1.79. The number of ether oxygens (including phenoxy) is 1. The summed E-state index contributed by atoms with van der Waals surface area (Å²) in [6, 6.07) is 12.9. The number of nitrogens with zero attached hydrogens (tertiary/aromatic N) is 1. The fourth-order valence-electron chi connectivity index (χ4n) is 3.70. The van der Waals surface area contributed by atoms with Crippen molar-refractivity contribution in [3.05, 3.63) is 64.3 Å². The van der Waals surface area contributed by atoms with Crippen LogP contribution >= 0.6 is 11.3 Å². The molecule has 1 atom stereocenters.